The molecule has 0 aliphatic rings. The molecule has 1 atom stereocenters. The molecule has 0 saturated carbocycles. The van der Waals surface area contributed by atoms with Crippen molar-refractivity contribution in [1.82, 2.24) is 5.32 Å². The summed E-state index contributed by atoms with van der Waals surface area (Å²) in [6.45, 7) is 2.31. The first-order valence-electron chi connectivity index (χ1n) is 7.33. The van der Waals surface area contributed by atoms with Crippen molar-refractivity contribution in [3.05, 3.63) is 35.9 Å². The lowest BCUT2D eigenvalue weighted by atomic mass is 10.0. The summed E-state index contributed by atoms with van der Waals surface area (Å²) in [4.78, 5) is 22.6. The minimum atomic E-state index is -1.03. The van der Waals surface area contributed by atoms with Crippen LogP contribution in [-0.2, 0) is 16.0 Å². The SMILES string of the molecule is CCCCOC(=O)NC(CCCc1ccccc1)C(=O)O. The van der Waals surface area contributed by atoms with Crippen LogP contribution in [0.15, 0.2) is 30.3 Å². The second-order valence-corrected chi connectivity index (χ2v) is 4.90. The molecule has 0 aliphatic heterocycles. The third-order valence-corrected chi connectivity index (χ3v) is 3.12. The second kappa shape index (κ2) is 9.80. The number of nitrogens with one attached hydrogen (secondary N) is 1. The van der Waals surface area contributed by atoms with Crippen molar-refractivity contribution in [1.29, 1.82) is 0 Å². The van der Waals surface area contributed by atoms with Gasteiger partial charge >= 0.3 is 12.1 Å². The van der Waals surface area contributed by atoms with E-state index in [-0.39, 0.29) is 0 Å². The molecule has 1 unspecified atom stereocenters. The number of hydrogen-bond donors (Lipinski definition) is 2. The summed E-state index contributed by atoms with van der Waals surface area (Å²) in [7, 11) is 0. The van der Waals surface area contributed by atoms with Crippen molar-refractivity contribution in [2.45, 2.75) is 45.1 Å². The number of carbonyl (C=O) groups excluding carboxylic acids is 1. The number of benzene rings is 1. The molecular formula is C16H23NO4. The second-order valence-electron chi connectivity index (χ2n) is 4.90. The van der Waals surface area contributed by atoms with Crippen LogP contribution in [0.4, 0.5) is 4.79 Å². The number of rotatable bonds is 9. The fourth-order valence-electron chi connectivity index (χ4n) is 1.91. The van der Waals surface area contributed by atoms with E-state index < -0.39 is 18.1 Å². The summed E-state index contributed by atoms with van der Waals surface area (Å²) >= 11 is 0. The zero-order chi connectivity index (χ0) is 15.5. The summed E-state index contributed by atoms with van der Waals surface area (Å²) in [5, 5.41) is 11.5. The molecule has 0 heterocycles. The summed E-state index contributed by atoms with van der Waals surface area (Å²) in [6.07, 6.45) is 2.91. The van der Waals surface area contributed by atoms with Gasteiger partial charge in [-0.25, -0.2) is 9.59 Å². The Bertz CT molecular complexity index is 433. The molecule has 0 spiro atoms. The predicted molar refractivity (Wildman–Crippen MR) is 80.2 cm³/mol. The molecule has 21 heavy (non-hydrogen) atoms. The molecule has 5 nitrogen and oxygen atoms in total. The number of hydrogen-bond acceptors (Lipinski definition) is 3. The van der Waals surface area contributed by atoms with Gasteiger partial charge in [0.25, 0.3) is 0 Å². The van der Waals surface area contributed by atoms with Crippen molar-refractivity contribution in [2.75, 3.05) is 6.61 Å². The highest BCUT2D eigenvalue weighted by Gasteiger charge is 2.20. The summed E-state index contributed by atoms with van der Waals surface area (Å²) in [5.74, 6) is -1.03. The van der Waals surface area contributed by atoms with Gasteiger partial charge in [0.05, 0.1) is 6.61 Å². The lowest BCUT2D eigenvalue weighted by Gasteiger charge is -2.14. The van der Waals surface area contributed by atoms with Gasteiger partial charge in [-0.15, -0.1) is 0 Å². The van der Waals surface area contributed by atoms with Gasteiger partial charge < -0.3 is 15.2 Å². The quantitative estimate of drug-likeness (QED) is 0.686. The standard InChI is InChI=1S/C16H23NO4/c1-2-3-12-21-16(20)17-14(15(18)19)11-7-10-13-8-5-4-6-9-13/h4-6,8-9,14H,2-3,7,10-12H2,1H3,(H,17,20)(H,18,19). The fourth-order valence-corrected chi connectivity index (χ4v) is 1.91. The number of carboxylic acid groups (broad SMARTS) is 1. The van der Waals surface area contributed by atoms with Crippen LogP contribution in [0.1, 0.15) is 38.2 Å². The molecule has 0 saturated heterocycles. The Morgan fingerprint density at radius 2 is 1.95 bits per heavy atom. The number of aryl methyl sites for hydroxylation is 1. The molecule has 0 bridgehead atoms. The van der Waals surface area contributed by atoms with E-state index in [2.05, 4.69) is 5.32 Å². The van der Waals surface area contributed by atoms with Crippen molar-refractivity contribution in [3.63, 3.8) is 0 Å². The van der Waals surface area contributed by atoms with E-state index in [0.29, 0.717) is 19.4 Å². The van der Waals surface area contributed by atoms with Crippen LogP contribution in [0.25, 0.3) is 0 Å². The van der Waals surface area contributed by atoms with Gasteiger partial charge in [-0.2, -0.15) is 0 Å². The number of alkyl carbamates (subject to hydrolysis) is 1. The maximum absolute atomic E-state index is 11.5. The fraction of sp³-hybridized carbons (Fsp3) is 0.500. The average molecular weight is 293 g/mol. The normalized spacial score (nSPS) is 11.7. The van der Waals surface area contributed by atoms with E-state index in [1.165, 1.54) is 0 Å². The van der Waals surface area contributed by atoms with Crippen molar-refractivity contribution in [3.8, 4) is 0 Å². The van der Waals surface area contributed by atoms with E-state index in [4.69, 9.17) is 9.84 Å². The lowest BCUT2D eigenvalue weighted by molar-refractivity contribution is -0.139. The monoisotopic (exact) mass is 293 g/mol. The van der Waals surface area contributed by atoms with E-state index in [9.17, 15) is 9.59 Å². The first kappa shape index (κ1) is 17.0. The Balaban J connectivity index is 2.32. The Labute approximate surface area is 125 Å². The van der Waals surface area contributed by atoms with Crippen LogP contribution in [0.5, 0.6) is 0 Å². The molecule has 1 rings (SSSR count). The van der Waals surface area contributed by atoms with Crippen molar-refractivity contribution in [2.24, 2.45) is 0 Å². The number of amides is 1. The minimum absolute atomic E-state index is 0.318. The minimum Gasteiger partial charge on any atom is -0.480 e. The molecule has 1 aromatic carbocycles. The molecular weight excluding hydrogens is 270 g/mol. The van der Waals surface area contributed by atoms with Gasteiger partial charge in [-0.1, -0.05) is 43.7 Å². The summed E-state index contributed by atoms with van der Waals surface area (Å²) < 4.78 is 4.91. The van der Waals surface area contributed by atoms with Gasteiger partial charge in [-0.3, -0.25) is 0 Å². The van der Waals surface area contributed by atoms with Gasteiger partial charge in [-0.05, 0) is 31.2 Å². The zero-order valence-electron chi connectivity index (χ0n) is 12.4. The van der Waals surface area contributed by atoms with Crippen LogP contribution in [0.3, 0.4) is 0 Å². The molecule has 2 N–H and O–H groups in total. The number of carboxylic acids is 1. The lowest BCUT2D eigenvalue weighted by Crippen LogP contribution is -2.41. The van der Waals surface area contributed by atoms with E-state index in [1.807, 2.05) is 37.3 Å². The number of unbranched alkanes of at least 4 members (excludes halogenated alkanes) is 1. The Morgan fingerprint density at radius 3 is 2.57 bits per heavy atom. The van der Waals surface area contributed by atoms with Crippen molar-refractivity contribution < 1.29 is 19.4 Å². The van der Waals surface area contributed by atoms with Crippen LogP contribution in [-0.4, -0.2) is 29.8 Å². The Hall–Kier alpha value is -2.04. The third kappa shape index (κ3) is 7.34. The molecule has 1 aromatic rings. The topological polar surface area (TPSA) is 75.6 Å². The van der Waals surface area contributed by atoms with Gasteiger partial charge in [0.2, 0.25) is 0 Å². The first-order chi connectivity index (χ1) is 10.1. The summed E-state index contributed by atoms with van der Waals surface area (Å²) in [6, 6.07) is 8.95. The van der Waals surface area contributed by atoms with Crippen LogP contribution in [0, 0.1) is 0 Å². The zero-order valence-corrected chi connectivity index (χ0v) is 12.4. The maximum Gasteiger partial charge on any atom is 0.407 e. The Morgan fingerprint density at radius 1 is 1.24 bits per heavy atom. The summed E-state index contributed by atoms with van der Waals surface area (Å²) in [5.41, 5.74) is 1.16. The van der Waals surface area contributed by atoms with Gasteiger partial charge in [0, 0.05) is 0 Å². The highest BCUT2D eigenvalue weighted by molar-refractivity contribution is 5.79. The molecule has 0 aliphatic carbocycles. The molecule has 0 radical (unpaired) electrons. The number of ether oxygens (including phenoxy) is 1. The third-order valence-electron chi connectivity index (χ3n) is 3.12. The van der Waals surface area contributed by atoms with Gasteiger partial charge in [0.15, 0.2) is 0 Å². The number of carbonyl (C=O) groups is 2. The predicted octanol–water partition coefficient (Wildman–Crippen LogP) is 2.99. The first-order valence-corrected chi connectivity index (χ1v) is 7.33. The Kier molecular flexibility index (Phi) is 7.94. The number of aliphatic carboxylic acids is 1. The average Bonchev–Trinajstić information content (AvgIpc) is 2.47. The molecule has 1 amide bonds. The highest BCUT2D eigenvalue weighted by Crippen LogP contribution is 2.07. The highest BCUT2D eigenvalue weighted by atomic mass is 16.5. The smallest absolute Gasteiger partial charge is 0.407 e. The molecule has 116 valence electrons. The van der Waals surface area contributed by atoms with Gasteiger partial charge in [0.1, 0.15) is 6.04 Å². The van der Waals surface area contributed by atoms with E-state index in [0.717, 1.165) is 24.8 Å². The molecule has 5 heteroatoms. The van der Waals surface area contributed by atoms with Crippen LogP contribution >= 0.6 is 0 Å². The largest absolute Gasteiger partial charge is 0.480 e. The van der Waals surface area contributed by atoms with Crippen molar-refractivity contribution >= 4 is 12.1 Å². The maximum atomic E-state index is 11.5. The van der Waals surface area contributed by atoms with Crippen LogP contribution < -0.4 is 5.32 Å². The molecule has 0 aromatic heterocycles. The van der Waals surface area contributed by atoms with Crippen LogP contribution in [0.2, 0.25) is 0 Å². The molecule has 0 fully saturated rings. The van der Waals surface area contributed by atoms with E-state index >= 15 is 0 Å². The van der Waals surface area contributed by atoms with E-state index in [1.54, 1.807) is 0 Å².